The summed E-state index contributed by atoms with van der Waals surface area (Å²) in [4.78, 5) is 6.79. The zero-order valence-electron chi connectivity index (χ0n) is 12.3. The number of aryl methyl sites for hydroxylation is 1. The molecule has 1 aliphatic heterocycles. The van der Waals surface area contributed by atoms with E-state index in [0.717, 1.165) is 23.9 Å². The van der Waals surface area contributed by atoms with Gasteiger partial charge in [-0.05, 0) is 63.0 Å². The molecule has 0 amide bonds. The number of fused-ring (bicyclic) bond motifs is 1. The van der Waals surface area contributed by atoms with E-state index in [-0.39, 0.29) is 0 Å². The number of rotatable bonds is 4. The third-order valence-corrected chi connectivity index (χ3v) is 4.25. The van der Waals surface area contributed by atoms with Crippen LogP contribution in [0.3, 0.4) is 0 Å². The maximum absolute atomic E-state index is 4.28. The highest BCUT2D eigenvalue weighted by Crippen LogP contribution is 2.19. The van der Waals surface area contributed by atoms with Gasteiger partial charge in [0.15, 0.2) is 5.65 Å². The molecule has 0 unspecified atom stereocenters. The summed E-state index contributed by atoms with van der Waals surface area (Å²) in [5.41, 5.74) is 2.13. The number of hydrogen-bond donors (Lipinski definition) is 1. The number of likely N-dealkylation sites (tertiary alicyclic amines) is 1. The molecule has 0 radical (unpaired) electrons. The van der Waals surface area contributed by atoms with Gasteiger partial charge in [-0.2, -0.15) is 9.61 Å². The number of piperidine rings is 1. The molecule has 3 heterocycles. The van der Waals surface area contributed by atoms with Crippen LogP contribution in [0.25, 0.3) is 5.65 Å². The predicted octanol–water partition coefficient (Wildman–Crippen LogP) is 2.18. The number of nitrogens with one attached hydrogen (secondary N) is 1. The Kier molecular flexibility index (Phi) is 3.87. The minimum atomic E-state index is 0.761. The van der Waals surface area contributed by atoms with Crippen LogP contribution < -0.4 is 5.32 Å². The van der Waals surface area contributed by atoms with Gasteiger partial charge in [0, 0.05) is 6.54 Å². The van der Waals surface area contributed by atoms with Crippen molar-refractivity contribution in [2.45, 2.75) is 26.7 Å². The summed E-state index contributed by atoms with van der Waals surface area (Å²) in [6, 6.07) is 4.20. The van der Waals surface area contributed by atoms with E-state index in [0.29, 0.717) is 0 Å². The van der Waals surface area contributed by atoms with Crippen LogP contribution in [0.5, 0.6) is 0 Å². The fraction of sp³-hybridized carbons (Fsp3) is 0.600. The molecule has 5 heteroatoms. The monoisotopic (exact) mass is 273 g/mol. The second-order valence-corrected chi connectivity index (χ2v) is 5.71. The van der Waals surface area contributed by atoms with Gasteiger partial charge in [-0.1, -0.05) is 6.92 Å². The number of anilines is 1. The SMILES string of the molecule is CCN1CCC(CNc2cc(C)cc3ncnn23)CC1. The largest absolute Gasteiger partial charge is 0.370 e. The van der Waals surface area contributed by atoms with Crippen LogP contribution in [0.2, 0.25) is 0 Å². The van der Waals surface area contributed by atoms with E-state index >= 15 is 0 Å². The topological polar surface area (TPSA) is 45.5 Å². The molecule has 0 atom stereocenters. The number of nitrogens with zero attached hydrogens (tertiary/aromatic N) is 4. The lowest BCUT2D eigenvalue weighted by atomic mass is 9.97. The Labute approximate surface area is 120 Å². The van der Waals surface area contributed by atoms with Crippen LogP contribution in [0.15, 0.2) is 18.5 Å². The van der Waals surface area contributed by atoms with Crippen molar-refractivity contribution in [3.8, 4) is 0 Å². The van der Waals surface area contributed by atoms with Gasteiger partial charge in [0.25, 0.3) is 0 Å². The minimum Gasteiger partial charge on any atom is -0.370 e. The molecule has 0 aliphatic carbocycles. The second kappa shape index (κ2) is 5.79. The van der Waals surface area contributed by atoms with E-state index in [4.69, 9.17) is 0 Å². The summed E-state index contributed by atoms with van der Waals surface area (Å²) in [5.74, 6) is 1.81. The van der Waals surface area contributed by atoms with Crippen molar-refractivity contribution in [2.24, 2.45) is 5.92 Å². The van der Waals surface area contributed by atoms with Gasteiger partial charge in [0.05, 0.1) is 0 Å². The van der Waals surface area contributed by atoms with Gasteiger partial charge in [-0.25, -0.2) is 4.98 Å². The quantitative estimate of drug-likeness (QED) is 0.927. The lowest BCUT2D eigenvalue weighted by Gasteiger charge is -2.31. The van der Waals surface area contributed by atoms with Gasteiger partial charge >= 0.3 is 0 Å². The van der Waals surface area contributed by atoms with Gasteiger partial charge < -0.3 is 10.2 Å². The van der Waals surface area contributed by atoms with E-state index < -0.39 is 0 Å². The van der Waals surface area contributed by atoms with Gasteiger partial charge in [0.1, 0.15) is 12.1 Å². The van der Waals surface area contributed by atoms with Crippen molar-refractivity contribution in [3.05, 3.63) is 24.0 Å². The standard InChI is InChI=1S/C15H23N5/c1-3-19-6-4-13(5-7-19)10-16-14-8-12(2)9-15-17-11-18-20(14)15/h8-9,11,13,16H,3-7,10H2,1-2H3. The van der Waals surface area contributed by atoms with Crippen LogP contribution >= 0.6 is 0 Å². The summed E-state index contributed by atoms with van der Waals surface area (Å²) in [6.45, 7) is 9.00. The van der Waals surface area contributed by atoms with Crippen LogP contribution in [0, 0.1) is 12.8 Å². The molecule has 108 valence electrons. The zero-order chi connectivity index (χ0) is 13.9. The molecular formula is C15H23N5. The van der Waals surface area contributed by atoms with Crippen molar-refractivity contribution < 1.29 is 0 Å². The molecule has 0 aromatic carbocycles. The Hall–Kier alpha value is -1.62. The molecule has 1 N–H and O–H groups in total. The van der Waals surface area contributed by atoms with Gasteiger partial charge in [0.2, 0.25) is 0 Å². The molecule has 20 heavy (non-hydrogen) atoms. The maximum atomic E-state index is 4.28. The highest BCUT2D eigenvalue weighted by molar-refractivity contribution is 5.51. The molecule has 2 aromatic heterocycles. The fourth-order valence-electron chi connectivity index (χ4n) is 2.94. The van der Waals surface area contributed by atoms with Crippen molar-refractivity contribution in [3.63, 3.8) is 0 Å². The predicted molar refractivity (Wildman–Crippen MR) is 81.1 cm³/mol. The third kappa shape index (κ3) is 2.77. The van der Waals surface area contributed by atoms with Crippen molar-refractivity contribution in [2.75, 3.05) is 31.5 Å². The molecule has 2 aromatic rings. The molecule has 0 bridgehead atoms. The molecule has 1 fully saturated rings. The van der Waals surface area contributed by atoms with Crippen LogP contribution in [-0.2, 0) is 0 Å². The molecule has 1 saturated heterocycles. The summed E-state index contributed by atoms with van der Waals surface area (Å²) < 4.78 is 1.88. The highest BCUT2D eigenvalue weighted by atomic mass is 15.3. The fourth-order valence-corrected chi connectivity index (χ4v) is 2.94. The first-order chi connectivity index (χ1) is 9.76. The Morgan fingerprint density at radius 3 is 2.85 bits per heavy atom. The van der Waals surface area contributed by atoms with Crippen molar-refractivity contribution in [1.29, 1.82) is 0 Å². The average Bonchev–Trinajstić information content (AvgIpc) is 2.93. The van der Waals surface area contributed by atoms with E-state index in [9.17, 15) is 0 Å². The van der Waals surface area contributed by atoms with Crippen LogP contribution in [0.4, 0.5) is 5.82 Å². The van der Waals surface area contributed by atoms with Crippen LogP contribution in [0.1, 0.15) is 25.3 Å². The van der Waals surface area contributed by atoms with Crippen molar-refractivity contribution in [1.82, 2.24) is 19.5 Å². The highest BCUT2D eigenvalue weighted by Gasteiger charge is 2.18. The molecule has 0 spiro atoms. The first-order valence-corrected chi connectivity index (χ1v) is 7.53. The zero-order valence-corrected chi connectivity index (χ0v) is 12.3. The Morgan fingerprint density at radius 2 is 2.10 bits per heavy atom. The maximum Gasteiger partial charge on any atom is 0.157 e. The molecule has 3 rings (SSSR count). The summed E-state index contributed by atoms with van der Waals surface area (Å²) >= 11 is 0. The van der Waals surface area contributed by atoms with E-state index in [1.807, 2.05) is 4.52 Å². The Morgan fingerprint density at radius 1 is 1.30 bits per heavy atom. The number of pyridine rings is 1. The first-order valence-electron chi connectivity index (χ1n) is 7.53. The minimum absolute atomic E-state index is 0.761. The molecular weight excluding hydrogens is 250 g/mol. The molecule has 1 aliphatic rings. The van der Waals surface area contributed by atoms with Gasteiger partial charge in [-0.15, -0.1) is 0 Å². The van der Waals surface area contributed by atoms with Gasteiger partial charge in [-0.3, -0.25) is 0 Å². The number of hydrogen-bond acceptors (Lipinski definition) is 4. The third-order valence-electron chi connectivity index (χ3n) is 4.25. The molecule has 5 nitrogen and oxygen atoms in total. The Bertz CT molecular complexity index is 569. The second-order valence-electron chi connectivity index (χ2n) is 5.71. The lowest BCUT2D eigenvalue weighted by molar-refractivity contribution is 0.198. The summed E-state index contributed by atoms with van der Waals surface area (Å²) in [5, 5.41) is 7.84. The molecule has 0 saturated carbocycles. The average molecular weight is 273 g/mol. The van der Waals surface area contributed by atoms with E-state index in [1.54, 1.807) is 6.33 Å². The summed E-state index contributed by atoms with van der Waals surface area (Å²) in [6.07, 6.45) is 4.18. The van der Waals surface area contributed by atoms with E-state index in [2.05, 4.69) is 46.3 Å². The van der Waals surface area contributed by atoms with Crippen LogP contribution in [-0.4, -0.2) is 45.7 Å². The smallest absolute Gasteiger partial charge is 0.157 e. The van der Waals surface area contributed by atoms with E-state index in [1.165, 1.54) is 38.0 Å². The summed E-state index contributed by atoms with van der Waals surface area (Å²) in [7, 11) is 0. The first kappa shape index (κ1) is 13.4. The Balaban J connectivity index is 1.64. The normalized spacial score (nSPS) is 17.7. The lowest BCUT2D eigenvalue weighted by Crippen LogP contribution is -2.35. The number of aromatic nitrogens is 3. The van der Waals surface area contributed by atoms with Crippen molar-refractivity contribution >= 4 is 11.5 Å².